The summed E-state index contributed by atoms with van der Waals surface area (Å²) in [6.07, 6.45) is 3.20. The lowest BCUT2D eigenvalue weighted by atomic mass is 10.1. The highest BCUT2D eigenvalue weighted by Crippen LogP contribution is 2.38. The molecule has 1 unspecified atom stereocenters. The Balaban J connectivity index is 2.05. The number of carbonyl (C=O) groups is 1. The largest absolute Gasteiger partial charge is 0.493 e. The molecule has 0 spiro atoms. The van der Waals surface area contributed by atoms with Crippen LogP contribution in [-0.4, -0.2) is 33.3 Å². The van der Waals surface area contributed by atoms with Crippen LogP contribution in [0.15, 0.2) is 34.9 Å². The Morgan fingerprint density at radius 1 is 1.17 bits per heavy atom. The predicted molar refractivity (Wildman–Crippen MR) is 90.1 cm³/mol. The Morgan fingerprint density at radius 3 is 2.33 bits per heavy atom. The fraction of sp³-hybridized carbons (Fsp3) is 0.389. The fourth-order valence-corrected chi connectivity index (χ4v) is 2.41. The van der Waals surface area contributed by atoms with Crippen LogP contribution in [0.1, 0.15) is 29.5 Å². The zero-order valence-electron chi connectivity index (χ0n) is 14.4. The summed E-state index contributed by atoms with van der Waals surface area (Å²) in [4.78, 5) is 12.5. The molecule has 6 heteroatoms. The van der Waals surface area contributed by atoms with Crippen LogP contribution in [-0.2, 0) is 6.42 Å². The van der Waals surface area contributed by atoms with Crippen LogP contribution in [0.3, 0.4) is 0 Å². The van der Waals surface area contributed by atoms with Crippen molar-refractivity contribution in [1.29, 1.82) is 0 Å². The average Bonchev–Trinajstić information content (AvgIpc) is 3.11. The van der Waals surface area contributed by atoms with Gasteiger partial charge in [0.25, 0.3) is 5.91 Å². The third-order valence-corrected chi connectivity index (χ3v) is 3.71. The van der Waals surface area contributed by atoms with E-state index in [4.69, 9.17) is 18.6 Å². The molecule has 0 saturated heterocycles. The number of benzene rings is 1. The normalized spacial score (nSPS) is 11.7. The molecule has 1 atom stereocenters. The lowest BCUT2D eigenvalue weighted by Gasteiger charge is -2.16. The first-order chi connectivity index (χ1) is 11.6. The minimum Gasteiger partial charge on any atom is -0.493 e. The van der Waals surface area contributed by atoms with Gasteiger partial charge in [0.2, 0.25) is 5.75 Å². The molecule has 1 aromatic heterocycles. The van der Waals surface area contributed by atoms with Crippen molar-refractivity contribution in [3.8, 4) is 17.2 Å². The molecule has 0 aliphatic carbocycles. The van der Waals surface area contributed by atoms with Gasteiger partial charge in [0.1, 0.15) is 5.76 Å². The van der Waals surface area contributed by atoms with Crippen LogP contribution >= 0.6 is 0 Å². The molecule has 0 aliphatic rings. The number of amides is 1. The third-order valence-electron chi connectivity index (χ3n) is 3.71. The van der Waals surface area contributed by atoms with Gasteiger partial charge in [-0.05, 0) is 37.6 Å². The highest BCUT2D eigenvalue weighted by atomic mass is 16.5. The van der Waals surface area contributed by atoms with Gasteiger partial charge in [-0.2, -0.15) is 0 Å². The van der Waals surface area contributed by atoms with Crippen LogP contribution in [0.25, 0.3) is 0 Å². The van der Waals surface area contributed by atoms with Crippen LogP contribution in [0.4, 0.5) is 0 Å². The summed E-state index contributed by atoms with van der Waals surface area (Å²) in [6, 6.07) is 7.05. The molecule has 2 aromatic rings. The Labute approximate surface area is 141 Å². The quantitative estimate of drug-likeness (QED) is 0.804. The second-order valence-corrected chi connectivity index (χ2v) is 5.41. The Bertz CT molecular complexity index is 641. The molecule has 1 N–H and O–H groups in total. The summed E-state index contributed by atoms with van der Waals surface area (Å²) in [6.45, 7) is 1.96. The number of carbonyl (C=O) groups excluding carboxylic acids is 1. The number of ether oxygens (including phenoxy) is 3. The number of furan rings is 1. The second kappa shape index (κ2) is 8.29. The minimum atomic E-state index is -0.193. The van der Waals surface area contributed by atoms with E-state index in [1.54, 1.807) is 18.4 Å². The van der Waals surface area contributed by atoms with Gasteiger partial charge in [-0.3, -0.25) is 4.79 Å². The van der Waals surface area contributed by atoms with E-state index in [-0.39, 0.29) is 11.9 Å². The maximum absolute atomic E-state index is 12.5. The zero-order valence-corrected chi connectivity index (χ0v) is 14.4. The van der Waals surface area contributed by atoms with Gasteiger partial charge < -0.3 is 23.9 Å². The van der Waals surface area contributed by atoms with Crippen molar-refractivity contribution in [3.63, 3.8) is 0 Å². The predicted octanol–water partition coefficient (Wildman–Crippen LogP) is 3.06. The van der Waals surface area contributed by atoms with Crippen LogP contribution in [0.2, 0.25) is 0 Å². The summed E-state index contributed by atoms with van der Waals surface area (Å²) in [7, 11) is 4.56. The van der Waals surface area contributed by atoms with E-state index < -0.39 is 0 Å². The van der Waals surface area contributed by atoms with Gasteiger partial charge in [-0.15, -0.1) is 0 Å². The summed E-state index contributed by atoms with van der Waals surface area (Å²) in [5.74, 6) is 2.07. The SMILES string of the molecule is COc1cc(C(=O)NC(C)CCc2ccco2)cc(OC)c1OC. The summed E-state index contributed by atoms with van der Waals surface area (Å²) >= 11 is 0. The maximum atomic E-state index is 12.5. The van der Waals surface area contributed by atoms with Crippen molar-refractivity contribution in [1.82, 2.24) is 5.32 Å². The monoisotopic (exact) mass is 333 g/mol. The van der Waals surface area contributed by atoms with Gasteiger partial charge >= 0.3 is 0 Å². The van der Waals surface area contributed by atoms with Crippen molar-refractivity contribution in [3.05, 3.63) is 41.9 Å². The molecule has 0 saturated carbocycles. The van der Waals surface area contributed by atoms with Gasteiger partial charge in [0.05, 0.1) is 27.6 Å². The first kappa shape index (κ1) is 17.7. The summed E-state index contributed by atoms with van der Waals surface area (Å²) in [5, 5.41) is 2.97. The molecule has 130 valence electrons. The molecule has 6 nitrogen and oxygen atoms in total. The van der Waals surface area contributed by atoms with Crippen molar-refractivity contribution in [2.75, 3.05) is 21.3 Å². The van der Waals surface area contributed by atoms with Gasteiger partial charge in [0, 0.05) is 18.0 Å². The number of nitrogens with one attached hydrogen (secondary N) is 1. The first-order valence-corrected chi connectivity index (χ1v) is 7.72. The first-order valence-electron chi connectivity index (χ1n) is 7.72. The topological polar surface area (TPSA) is 69.9 Å². The number of hydrogen-bond donors (Lipinski definition) is 1. The highest BCUT2D eigenvalue weighted by molar-refractivity contribution is 5.95. The van der Waals surface area contributed by atoms with Crippen molar-refractivity contribution < 1.29 is 23.4 Å². The molecule has 0 fully saturated rings. The molecule has 24 heavy (non-hydrogen) atoms. The van der Waals surface area contributed by atoms with Crippen molar-refractivity contribution in [2.45, 2.75) is 25.8 Å². The smallest absolute Gasteiger partial charge is 0.251 e. The van der Waals surface area contributed by atoms with Crippen molar-refractivity contribution >= 4 is 5.91 Å². The molecular formula is C18H23NO5. The number of aryl methyl sites for hydroxylation is 1. The maximum Gasteiger partial charge on any atom is 0.251 e. The van der Waals surface area contributed by atoms with E-state index in [1.165, 1.54) is 21.3 Å². The molecular weight excluding hydrogens is 310 g/mol. The standard InChI is InChI=1S/C18H23NO5/c1-12(7-8-14-6-5-9-24-14)19-18(20)13-10-15(21-2)17(23-4)16(11-13)22-3/h5-6,9-12H,7-8H2,1-4H3,(H,19,20). The molecule has 1 aromatic carbocycles. The van der Waals surface area contributed by atoms with Crippen LogP contribution < -0.4 is 19.5 Å². The van der Waals surface area contributed by atoms with Gasteiger partial charge in [-0.1, -0.05) is 0 Å². The molecule has 1 amide bonds. The average molecular weight is 333 g/mol. The van der Waals surface area contributed by atoms with Gasteiger partial charge in [0.15, 0.2) is 11.5 Å². The Hall–Kier alpha value is -2.63. The lowest BCUT2D eigenvalue weighted by Crippen LogP contribution is -2.32. The molecule has 0 aliphatic heterocycles. The summed E-state index contributed by atoms with van der Waals surface area (Å²) in [5.41, 5.74) is 0.453. The van der Waals surface area contributed by atoms with E-state index in [0.717, 1.165) is 18.6 Å². The minimum absolute atomic E-state index is 0.00157. The second-order valence-electron chi connectivity index (χ2n) is 5.41. The van der Waals surface area contributed by atoms with E-state index in [0.29, 0.717) is 22.8 Å². The zero-order chi connectivity index (χ0) is 17.5. The summed E-state index contributed by atoms with van der Waals surface area (Å²) < 4.78 is 21.1. The van der Waals surface area contributed by atoms with E-state index in [1.807, 2.05) is 19.1 Å². The molecule has 1 heterocycles. The van der Waals surface area contributed by atoms with Gasteiger partial charge in [-0.25, -0.2) is 0 Å². The number of rotatable bonds is 8. The van der Waals surface area contributed by atoms with Crippen molar-refractivity contribution in [2.24, 2.45) is 0 Å². The van der Waals surface area contributed by atoms with E-state index in [9.17, 15) is 4.79 Å². The van der Waals surface area contributed by atoms with Crippen LogP contribution in [0, 0.1) is 0 Å². The lowest BCUT2D eigenvalue weighted by molar-refractivity contribution is 0.0937. The molecule has 0 radical (unpaired) electrons. The Kier molecular flexibility index (Phi) is 6.12. The van der Waals surface area contributed by atoms with E-state index >= 15 is 0 Å². The number of hydrogen-bond acceptors (Lipinski definition) is 5. The Morgan fingerprint density at radius 2 is 1.83 bits per heavy atom. The van der Waals surface area contributed by atoms with Crippen LogP contribution in [0.5, 0.6) is 17.2 Å². The number of methoxy groups -OCH3 is 3. The van der Waals surface area contributed by atoms with E-state index in [2.05, 4.69) is 5.32 Å². The fourth-order valence-electron chi connectivity index (χ4n) is 2.41. The highest BCUT2D eigenvalue weighted by Gasteiger charge is 2.18. The molecule has 2 rings (SSSR count). The third kappa shape index (κ3) is 4.22. The molecule has 0 bridgehead atoms.